The lowest BCUT2D eigenvalue weighted by molar-refractivity contribution is 0.445. The molecule has 1 aromatic heterocycles. The fourth-order valence-corrected chi connectivity index (χ4v) is 2.56. The lowest BCUT2D eigenvalue weighted by Crippen LogP contribution is -1.97. The molecule has 0 saturated carbocycles. The summed E-state index contributed by atoms with van der Waals surface area (Å²) in [7, 11) is 0. The van der Waals surface area contributed by atoms with Crippen LogP contribution in [0.15, 0.2) is 48.9 Å². The molecule has 2 aromatic carbocycles. The number of aromatic hydroxyl groups is 2. The van der Waals surface area contributed by atoms with Crippen LogP contribution in [0.5, 0.6) is 11.5 Å². The van der Waals surface area contributed by atoms with E-state index in [0.29, 0.717) is 11.3 Å². The zero-order valence-corrected chi connectivity index (χ0v) is 12.9. The molecular formula is C18H17FN2O2. The zero-order chi connectivity index (χ0) is 16.6. The highest BCUT2D eigenvalue weighted by molar-refractivity contribution is 5.71. The Morgan fingerprint density at radius 1 is 1.04 bits per heavy atom. The molecule has 5 heteroatoms. The smallest absolute Gasteiger partial charge is 0.128 e. The molecule has 4 nitrogen and oxygen atoms in total. The van der Waals surface area contributed by atoms with Crippen molar-refractivity contribution in [1.82, 2.24) is 9.55 Å². The van der Waals surface area contributed by atoms with Gasteiger partial charge < -0.3 is 10.2 Å². The van der Waals surface area contributed by atoms with E-state index in [2.05, 4.69) is 4.98 Å². The fourth-order valence-electron chi connectivity index (χ4n) is 2.56. The van der Waals surface area contributed by atoms with Crippen molar-refractivity contribution in [1.29, 1.82) is 0 Å². The minimum atomic E-state index is -0.315. The highest BCUT2D eigenvalue weighted by Gasteiger charge is 2.16. The molecule has 0 atom stereocenters. The number of imidazole rings is 1. The van der Waals surface area contributed by atoms with Gasteiger partial charge in [-0.15, -0.1) is 0 Å². The van der Waals surface area contributed by atoms with E-state index in [0.717, 1.165) is 11.3 Å². The van der Waals surface area contributed by atoms with Gasteiger partial charge in [0.25, 0.3) is 0 Å². The van der Waals surface area contributed by atoms with E-state index in [9.17, 15) is 14.6 Å². The molecular weight excluding hydrogens is 295 g/mol. The van der Waals surface area contributed by atoms with Crippen molar-refractivity contribution in [2.24, 2.45) is 0 Å². The number of hydrogen-bond acceptors (Lipinski definition) is 3. The molecule has 0 aliphatic rings. The first kappa shape index (κ1) is 15.1. The quantitative estimate of drug-likeness (QED) is 0.761. The van der Waals surface area contributed by atoms with Crippen molar-refractivity contribution >= 4 is 0 Å². The van der Waals surface area contributed by atoms with Gasteiger partial charge in [0.15, 0.2) is 0 Å². The third-order valence-electron chi connectivity index (χ3n) is 3.79. The predicted molar refractivity (Wildman–Crippen MR) is 86.4 cm³/mol. The first-order chi connectivity index (χ1) is 11.0. The van der Waals surface area contributed by atoms with Gasteiger partial charge in [0.2, 0.25) is 0 Å². The Kier molecular flexibility index (Phi) is 3.78. The molecule has 23 heavy (non-hydrogen) atoms. The van der Waals surface area contributed by atoms with Gasteiger partial charge in [-0.05, 0) is 41.8 Å². The predicted octanol–water partition coefficient (Wildman–Crippen LogP) is 4.21. The Labute approximate surface area is 133 Å². The molecule has 0 aliphatic heterocycles. The van der Waals surface area contributed by atoms with Crippen molar-refractivity contribution in [2.45, 2.75) is 19.8 Å². The van der Waals surface area contributed by atoms with E-state index < -0.39 is 0 Å². The zero-order valence-electron chi connectivity index (χ0n) is 12.9. The molecule has 0 bridgehead atoms. The first-order valence-corrected chi connectivity index (χ1v) is 7.32. The van der Waals surface area contributed by atoms with E-state index in [1.54, 1.807) is 35.3 Å². The summed E-state index contributed by atoms with van der Waals surface area (Å²) in [6, 6.07) is 9.12. The average Bonchev–Trinajstić information content (AvgIpc) is 2.97. The minimum Gasteiger partial charge on any atom is -0.508 e. The van der Waals surface area contributed by atoms with E-state index >= 15 is 0 Å². The monoisotopic (exact) mass is 312 g/mol. The number of aromatic nitrogens is 2. The van der Waals surface area contributed by atoms with Gasteiger partial charge in [-0.1, -0.05) is 13.8 Å². The summed E-state index contributed by atoms with van der Waals surface area (Å²) in [6.45, 7) is 3.93. The molecule has 0 saturated heterocycles. The van der Waals surface area contributed by atoms with Crippen LogP contribution < -0.4 is 0 Å². The molecule has 0 unspecified atom stereocenters. The number of hydrogen-bond donors (Lipinski definition) is 2. The summed E-state index contributed by atoms with van der Waals surface area (Å²) in [4.78, 5) is 4.13. The molecule has 2 N–H and O–H groups in total. The van der Waals surface area contributed by atoms with E-state index in [4.69, 9.17) is 0 Å². The first-order valence-electron chi connectivity index (χ1n) is 7.32. The Hall–Kier alpha value is -2.82. The maximum absolute atomic E-state index is 13.1. The maximum Gasteiger partial charge on any atom is 0.128 e. The Bertz CT molecular complexity index is 839. The van der Waals surface area contributed by atoms with Crippen LogP contribution in [0.1, 0.15) is 25.3 Å². The van der Waals surface area contributed by atoms with E-state index in [-0.39, 0.29) is 23.2 Å². The molecule has 0 radical (unpaired) electrons. The van der Waals surface area contributed by atoms with E-state index in [1.165, 1.54) is 18.2 Å². The van der Waals surface area contributed by atoms with Gasteiger partial charge in [0, 0.05) is 17.3 Å². The lowest BCUT2D eigenvalue weighted by Gasteiger charge is -2.14. The standard InChI is InChI=1S/C18H17FN2O2/c1-11(2)14-7-15(18(23)8-17(14)22)16-9-20-10-21(16)13-5-3-12(19)4-6-13/h3-11,22-23H,1-2H3. The highest BCUT2D eigenvalue weighted by Crippen LogP contribution is 2.38. The SMILES string of the molecule is CC(C)c1cc(-c2cncn2-c2ccc(F)cc2)c(O)cc1O. The number of benzene rings is 2. The Morgan fingerprint density at radius 3 is 2.39 bits per heavy atom. The van der Waals surface area contributed by atoms with Gasteiger partial charge in [-0.2, -0.15) is 0 Å². The van der Waals surface area contributed by atoms with Crippen LogP contribution in [0.3, 0.4) is 0 Å². The highest BCUT2D eigenvalue weighted by atomic mass is 19.1. The number of rotatable bonds is 3. The third kappa shape index (κ3) is 2.77. The maximum atomic E-state index is 13.1. The van der Waals surface area contributed by atoms with Gasteiger partial charge in [-0.3, -0.25) is 4.57 Å². The largest absolute Gasteiger partial charge is 0.508 e. The number of halogens is 1. The topological polar surface area (TPSA) is 58.3 Å². The molecule has 0 spiro atoms. The van der Waals surface area contributed by atoms with Crippen LogP contribution in [0.25, 0.3) is 16.9 Å². The van der Waals surface area contributed by atoms with Crippen LogP contribution in [0.2, 0.25) is 0 Å². The average molecular weight is 312 g/mol. The van der Waals surface area contributed by atoms with Crippen molar-refractivity contribution < 1.29 is 14.6 Å². The van der Waals surface area contributed by atoms with Crippen LogP contribution in [0.4, 0.5) is 4.39 Å². The van der Waals surface area contributed by atoms with Gasteiger partial charge in [0.1, 0.15) is 17.3 Å². The molecule has 118 valence electrons. The molecule has 3 rings (SSSR count). The molecule has 1 heterocycles. The van der Waals surface area contributed by atoms with Crippen molar-refractivity contribution in [3.05, 3.63) is 60.3 Å². The molecule has 0 amide bonds. The van der Waals surface area contributed by atoms with E-state index in [1.807, 2.05) is 13.8 Å². The lowest BCUT2D eigenvalue weighted by atomic mass is 9.97. The van der Waals surface area contributed by atoms with Crippen LogP contribution in [-0.2, 0) is 0 Å². The normalized spacial score (nSPS) is 11.1. The number of nitrogens with zero attached hydrogens (tertiary/aromatic N) is 2. The Balaban J connectivity index is 2.15. The summed E-state index contributed by atoms with van der Waals surface area (Å²) in [6.07, 6.45) is 3.23. The molecule has 0 fully saturated rings. The molecule has 3 aromatic rings. The van der Waals surface area contributed by atoms with Crippen LogP contribution >= 0.6 is 0 Å². The fraction of sp³-hybridized carbons (Fsp3) is 0.167. The molecule has 0 aliphatic carbocycles. The summed E-state index contributed by atoms with van der Waals surface area (Å²) in [5, 5.41) is 20.2. The second kappa shape index (κ2) is 5.76. The summed E-state index contributed by atoms with van der Waals surface area (Å²) in [5.41, 5.74) is 2.70. The Morgan fingerprint density at radius 2 is 1.74 bits per heavy atom. The van der Waals surface area contributed by atoms with Crippen molar-refractivity contribution in [3.63, 3.8) is 0 Å². The van der Waals surface area contributed by atoms with Gasteiger partial charge >= 0.3 is 0 Å². The van der Waals surface area contributed by atoms with Crippen molar-refractivity contribution in [3.8, 4) is 28.4 Å². The summed E-state index contributed by atoms with van der Waals surface area (Å²) >= 11 is 0. The van der Waals surface area contributed by atoms with Gasteiger partial charge in [0.05, 0.1) is 18.2 Å². The third-order valence-corrected chi connectivity index (χ3v) is 3.79. The number of phenolic OH excluding ortho intramolecular Hbond substituents is 2. The summed E-state index contributed by atoms with van der Waals surface area (Å²) in [5.74, 6) is -0.175. The summed E-state index contributed by atoms with van der Waals surface area (Å²) < 4.78 is 14.9. The van der Waals surface area contributed by atoms with Crippen molar-refractivity contribution in [2.75, 3.05) is 0 Å². The second-order valence-electron chi connectivity index (χ2n) is 5.71. The van der Waals surface area contributed by atoms with Gasteiger partial charge in [-0.25, -0.2) is 9.37 Å². The number of phenols is 2. The van der Waals surface area contributed by atoms with Crippen LogP contribution in [-0.4, -0.2) is 19.8 Å². The second-order valence-corrected chi connectivity index (χ2v) is 5.71. The van der Waals surface area contributed by atoms with Crippen LogP contribution in [0, 0.1) is 5.82 Å². The minimum absolute atomic E-state index is 0.0317.